The Morgan fingerprint density at radius 3 is 2.33 bits per heavy atom. The van der Waals surface area contributed by atoms with E-state index in [1.807, 2.05) is 31.2 Å². The molecule has 0 saturated heterocycles. The number of carbonyl (C=O) groups excluding carboxylic acids is 1. The first kappa shape index (κ1) is 12.0. The van der Waals surface area contributed by atoms with E-state index >= 15 is 0 Å². The third kappa shape index (κ3) is 2.60. The number of aryl methyl sites for hydroxylation is 1. The van der Waals surface area contributed by atoms with Crippen LogP contribution in [0.5, 0.6) is 0 Å². The van der Waals surface area contributed by atoms with Gasteiger partial charge >= 0.3 is 0 Å². The molecule has 4 nitrogen and oxygen atoms in total. The van der Waals surface area contributed by atoms with Crippen molar-refractivity contribution in [1.82, 2.24) is 0 Å². The lowest BCUT2D eigenvalue weighted by Gasteiger charge is -2.08. The van der Waals surface area contributed by atoms with Crippen molar-refractivity contribution in [2.75, 3.05) is 16.8 Å². The van der Waals surface area contributed by atoms with Crippen LogP contribution >= 0.6 is 0 Å². The monoisotopic (exact) mass is 241 g/mol. The first-order chi connectivity index (χ1) is 8.56. The summed E-state index contributed by atoms with van der Waals surface area (Å²) in [5.41, 5.74) is 14.6. The maximum Gasteiger partial charge on any atom is 0.257 e. The number of rotatable bonds is 2. The summed E-state index contributed by atoms with van der Waals surface area (Å²) in [6.45, 7) is 1.99. The van der Waals surface area contributed by atoms with Crippen LogP contribution in [0.25, 0.3) is 0 Å². The Hall–Kier alpha value is -2.49. The molecule has 18 heavy (non-hydrogen) atoms. The van der Waals surface area contributed by atoms with Crippen molar-refractivity contribution in [2.45, 2.75) is 6.92 Å². The maximum atomic E-state index is 12.0. The molecule has 0 aliphatic heterocycles. The summed E-state index contributed by atoms with van der Waals surface area (Å²) in [4.78, 5) is 12.0. The van der Waals surface area contributed by atoms with Crippen molar-refractivity contribution in [3.8, 4) is 0 Å². The zero-order valence-electron chi connectivity index (χ0n) is 10.1. The van der Waals surface area contributed by atoms with E-state index in [-0.39, 0.29) is 5.91 Å². The van der Waals surface area contributed by atoms with Crippen molar-refractivity contribution in [1.29, 1.82) is 0 Å². The molecule has 0 bridgehead atoms. The lowest BCUT2D eigenvalue weighted by molar-refractivity contribution is 0.102. The summed E-state index contributed by atoms with van der Waals surface area (Å²) in [6, 6.07) is 12.4. The predicted molar refractivity (Wildman–Crippen MR) is 74.4 cm³/mol. The third-order valence-electron chi connectivity index (χ3n) is 2.63. The molecule has 0 aliphatic rings. The van der Waals surface area contributed by atoms with Crippen LogP contribution in [-0.2, 0) is 0 Å². The molecule has 0 heterocycles. The maximum absolute atomic E-state index is 12.0. The van der Waals surface area contributed by atoms with E-state index in [9.17, 15) is 4.79 Å². The first-order valence-electron chi connectivity index (χ1n) is 5.59. The number of anilines is 3. The van der Waals surface area contributed by atoms with Gasteiger partial charge in [-0.1, -0.05) is 17.7 Å². The summed E-state index contributed by atoms with van der Waals surface area (Å²) in [5, 5.41) is 2.79. The van der Waals surface area contributed by atoms with Crippen molar-refractivity contribution in [3.63, 3.8) is 0 Å². The average Bonchev–Trinajstić information content (AvgIpc) is 2.32. The van der Waals surface area contributed by atoms with Gasteiger partial charge in [0.25, 0.3) is 5.91 Å². The van der Waals surface area contributed by atoms with Crippen molar-refractivity contribution >= 4 is 23.0 Å². The lowest BCUT2D eigenvalue weighted by Crippen LogP contribution is -2.14. The number of hydrogen-bond acceptors (Lipinski definition) is 3. The Morgan fingerprint density at radius 1 is 1.06 bits per heavy atom. The molecule has 92 valence electrons. The average molecular weight is 241 g/mol. The summed E-state index contributed by atoms with van der Waals surface area (Å²) >= 11 is 0. The number of carbonyl (C=O) groups is 1. The molecule has 0 spiro atoms. The van der Waals surface area contributed by atoms with Crippen LogP contribution in [0.1, 0.15) is 15.9 Å². The molecule has 2 aromatic rings. The van der Waals surface area contributed by atoms with Gasteiger partial charge in [0.05, 0.1) is 5.56 Å². The zero-order valence-corrected chi connectivity index (χ0v) is 10.1. The van der Waals surface area contributed by atoms with E-state index in [4.69, 9.17) is 11.5 Å². The Balaban J connectivity index is 2.19. The van der Waals surface area contributed by atoms with E-state index in [1.54, 1.807) is 18.2 Å². The molecule has 0 radical (unpaired) electrons. The molecule has 0 unspecified atom stereocenters. The Morgan fingerprint density at radius 2 is 1.72 bits per heavy atom. The molecule has 0 aliphatic carbocycles. The van der Waals surface area contributed by atoms with Gasteiger partial charge in [-0.15, -0.1) is 0 Å². The highest BCUT2D eigenvalue weighted by Crippen LogP contribution is 2.17. The summed E-state index contributed by atoms with van der Waals surface area (Å²) in [5.74, 6) is -0.239. The van der Waals surface area contributed by atoms with Gasteiger partial charge in [0.15, 0.2) is 0 Å². The highest BCUT2D eigenvalue weighted by atomic mass is 16.1. The Kier molecular flexibility index (Phi) is 3.19. The molecule has 0 fully saturated rings. The molecule has 2 aromatic carbocycles. The van der Waals surface area contributed by atoms with Crippen LogP contribution in [0, 0.1) is 6.92 Å². The lowest BCUT2D eigenvalue weighted by atomic mass is 10.1. The number of nitrogens with one attached hydrogen (secondary N) is 1. The van der Waals surface area contributed by atoms with E-state index in [2.05, 4.69) is 5.32 Å². The minimum absolute atomic E-state index is 0.239. The van der Waals surface area contributed by atoms with Gasteiger partial charge in [0.2, 0.25) is 0 Å². The van der Waals surface area contributed by atoms with E-state index < -0.39 is 0 Å². The molecule has 4 heteroatoms. The minimum Gasteiger partial charge on any atom is -0.399 e. The fourth-order valence-corrected chi connectivity index (χ4v) is 1.62. The first-order valence-corrected chi connectivity index (χ1v) is 5.59. The van der Waals surface area contributed by atoms with E-state index in [0.717, 1.165) is 11.3 Å². The van der Waals surface area contributed by atoms with Gasteiger partial charge in [0, 0.05) is 17.1 Å². The molecule has 0 aromatic heterocycles. The van der Waals surface area contributed by atoms with Gasteiger partial charge in [-0.25, -0.2) is 0 Å². The van der Waals surface area contributed by atoms with Crippen LogP contribution < -0.4 is 16.8 Å². The van der Waals surface area contributed by atoms with Crippen LogP contribution in [0.15, 0.2) is 42.5 Å². The molecular weight excluding hydrogens is 226 g/mol. The zero-order chi connectivity index (χ0) is 13.1. The van der Waals surface area contributed by atoms with Crippen LogP contribution in [0.2, 0.25) is 0 Å². The SMILES string of the molecule is Cc1ccc(NC(=O)c2ccc(N)cc2N)cc1. The largest absolute Gasteiger partial charge is 0.399 e. The van der Waals surface area contributed by atoms with Gasteiger partial charge in [-0.3, -0.25) is 4.79 Å². The molecule has 0 saturated carbocycles. The number of benzene rings is 2. The highest BCUT2D eigenvalue weighted by molar-refractivity contribution is 6.08. The summed E-state index contributed by atoms with van der Waals surface area (Å²) in [7, 11) is 0. The van der Waals surface area contributed by atoms with Crippen molar-refractivity contribution in [2.24, 2.45) is 0 Å². The van der Waals surface area contributed by atoms with Gasteiger partial charge in [-0.2, -0.15) is 0 Å². The fourth-order valence-electron chi connectivity index (χ4n) is 1.62. The Bertz CT molecular complexity index is 576. The third-order valence-corrected chi connectivity index (χ3v) is 2.63. The van der Waals surface area contributed by atoms with Crippen molar-refractivity contribution in [3.05, 3.63) is 53.6 Å². The highest BCUT2D eigenvalue weighted by Gasteiger charge is 2.09. The van der Waals surface area contributed by atoms with Crippen molar-refractivity contribution < 1.29 is 4.79 Å². The Labute approximate surface area is 106 Å². The fraction of sp³-hybridized carbons (Fsp3) is 0.0714. The standard InChI is InChI=1S/C14H15N3O/c1-9-2-5-11(6-3-9)17-14(18)12-7-4-10(15)8-13(12)16/h2-8H,15-16H2,1H3,(H,17,18). The number of nitrogen functional groups attached to an aromatic ring is 2. The van der Waals surface area contributed by atoms with Crippen LogP contribution in [-0.4, -0.2) is 5.91 Å². The topological polar surface area (TPSA) is 81.1 Å². The molecular formula is C14H15N3O. The molecule has 1 amide bonds. The molecule has 5 N–H and O–H groups in total. The van der Waals surface area contributed by atoms with E-state index in [1.165, 1.54) is 0 Å². The van der Waals surface area contributed by atoms with Crippen LogP contribution in [0.3, 0.4) is 0 Å². The van der Waals surface area contributed by atoms with Gasteiger partial charge in [0.1, 0.15) is 0 Å². The van der Waals surface area contributed by atoms with Gasteiger partial charge < -0.3 is 16.8 Å². The second-order valence-corrected chi connectivity index (χ2v) is 4.17. The smallest absolute Gasteiger partial charge is 0.257 e. The van der Waals surface area contributed by atoms with E-state index in [0.29, 0.717) is 16.9 Å². The minimum atomic E-state index is -0.239. The second kappa shape index (κ2) is 4.79. The van der Waals surface area contributed by atoms with Crippen LogP contribution in [0.4, 0.5) is 17.1 Å². The normalized spacial score (nSPS) is 10.1. The molecule has 0 atom stereocenters. The summed E-state index contributed by atoms with van der Waals surface area (Å²) in [6.07, 6.45) is 0. The number of hydrogen-bond donors (Lipinski definition) is 3. The quantitative estimate of drug-likeness (QED) is 0.706. The van der Waals surface area contributed by atoms with Gasteiger partial charge in [-0.05, 0) is 37.3 Å². The number of amides is 1. The molecule has 2 rings (SSSR count). The second-order valence-electron chi connectivity index (χ2n) is 4.17. The number of nitrogens with two attached hydrogens (primary N) is 2. The summed E-state index contributed by atoms with van der Waals surface area (Å²) < 4.78 is 0. The predicted octanol–water partition coefficient (Wildman–Crippen LogP) is 2.41.